The van der Waals surface area contributed by atoms with E-state index in [1.165, 1.54) is 31.3 Å². The van der Waals surface area contributed by atoms with Gasteiger partial charge in [0.05, 0.1) is 5.56 Å². The highest BCUT2D eigenvalue weighted by atomic mass is 32.2. The largest absolute Gasteiger partial charge is 0.478 e. The Hall–Kier alpha value is -4.37. The van der Waals surface area contributed by atoms with E-state index in [9.17, 15) is 31.6 Å². The number of furan rings is 1. The minimum atomic E-state index is -4.42. The molecule has 3 N–H and O–H groups in total. The number of hydrogen-bond donors (Lipinski definition) is 3. The summed E-state index contributed by atoms with van der Waals surface area (Å²) in [4.78, 5) is 33.5. The van der Waals surface area contributed by atoms with Crippen LogP contribution in [-0.2, 0) is 42.3 Å². The number of rotatable bonds is 9. The lowest BCUT2D eigenvalue weighted by molar-refractivity contribution is -0.142. The van der Waals surface area contributed by atoms with Crippen molar-refractivity contribution >= 4 is 27.9 Å². The highest BCUT2D eigenvalue weighted by molar-refractivity contribution is 7.89. The molecule has 0 aromatic carbocycles. The first-order valence-electron chi connectivity index (χ1n) is 10.1. The first-order chi connectivity index (χ1) is 17.4. The van der Waals surface area contributed by atoms with Crippen molar-refractivity contribution in [3.8, 4) is 11.3 Å². The van der Waals surface area contributed by atoms with Crippen molar-refractivity contribution in [1.82, 2.24) is 14.3 Å². The van der Waals surface area contributed by atoms with Crippen molar-refractivity contribution < 1.29 is 50.9 Å². The van der Waals surface area contributed by atoms with E-state index in [0.717, 1.165) is 12.3 Å². The first kappa shape index (κ1) is 28.9. The third kappa shape index (κ3) is 7.55. The molecule has 3 aromatic heterocycles. The summed E-state index contributed by atoms with van der Waals surface area (Å²) in [6.45, 7) is 0.945. The highest BCUT2D eigenvalue weighted by Crippen LogP contribution is 2.32. The van der Waals surface area contributed by atoms with Crippen molar-refractivity contribution in [3.05, 3.63) is 71.9 Å². The number of hydrogen-bond acceptors (Lipinski definition) is 9. The molecule has 0 bridgehead atoms. The molecule has 0 unspecified atom stereocenters. The Kier molecular flexibility index (Phi) is 9.79. The third-order valence-electron chi connectivity index (χ3n) is 4.30. The van der Waals surface area contributed by atoms with Crippen LogP contribution in [0.3, 0.4) is 0 Å². The van der Waals surface area contributed by atoms with Gasteiger partial charge in [0.1, 0.15) is 18.1 Å². The number of nitrogens with zero attached hydrogens (tertiary/aromatic N) is 2. The number of carboxylic acids is 2. The maximum atomic E-state index is 15.0. The van der Waals surface area contributed by atoms with Crippen LogP contribution in [0, 0.1) is 11.8 Å². The van der Waals surface area contributed by atoms with Crippen LogP contribution >= 0.6 is 0 Å². The fraction of sp³-hybridized carbons (Fsp3) is 0.182. The quantitative estimate of drug-likeness (QED) is 0.205. The molecule has 0 aliphatic heterocycles. The standard InChI is InChI=1S/C18H17F2N3O5S.C4H4O4/c1-11(24)27-10-13-5-6-15(28-13)29(25,26)23-9-12(8-21-2)16(19)17(23)14-4-3-7-22-18(14)20;5-3(6)1-2-4(7)8/h3-7,9,21H,8,10H2,1-2H3;1-2H,(H,5,6)(H,7,8)/b;2-1+. The van der Waals surface area contributed by atoms with Gasteiger partial charge in [-0.2, -0.15) is 12.8 Å². The average Bonchev–Trinajstić information content (AvgIpc) is 3.43. The van der Waals surface area contributed by atoms with Crippen LogP contribution in [0.2, 0.25) is 0 Å². The zero-order valence-electron chi connectivity index (χ0n) is 19.3. The molecule has 0 aliphatic carbocycles. The van der Waals surface area contributed by atoms with Crippen LogP contribution in [0.4, 0.5) is 8.78 Å². The monoisotopic (exact) mass is 541 g/mol. The van der Waals surface area contributed by atoms with Gasteiger partial charge in [0.25, 0.3) is 0 Å². The van der Waals surface area contributed by atoms with Crippen molar-refractivity contribution in [2.45, 2.75) is 25.2 Å². The number of halogens is 2. The minimum Gasteiger partial charge on any atom is -0.478 e. The number of nitrogens with one attached hydrogen (secondary N) is 1. The Morgan fingerprint density at radius 2 is 1.81 bits per heavy atom. The molecule has 12 nitrogen and oxygen atoms in total. The van der Waals surface area contributed by atoms with E-state index in [2.05, 4.69) is 10.3 Å². The van der Waals surface area contributed by atoms with Crippen molar-refractivity contribution in [2.24, 2.45) is 0 Å². The van der Waals surface area contributed by atoms with Gasteiger partial charge in [-0.05, 0) is 31.3 Å². The summed E-state index contributed by atoms with van der Waals surface area (Å²) in [5, 5.41) is 17.8. The van der Waals surface area contributed by atoms with Gasteiger partial charge in [0.15, 0.2) is 5.82 Å². The fourth-order valence-corrected chi connectivity index (χ4v) is 4.13. The van der Waals surface area contributed by atoms with Gasteiger partial charge in [-0.1, -0.05) is 0 Å². The van der Waals surface area contributed by atoms with Gasteiger partial charge in [-0.25, -0.2) is 22.9 Å². The van der Waals surface area contributed by atoms with E-state index >= 15 is 0 Å². The van der Waals surface area contributed by atoms with E-state index in [1.54, 1.807) is 7.05 Å². The van der Waals surface area contributed by atoms with Gasteiger partial charge in [0.2, 0.25) is 11.0 Å². The Balaban J connectivity index is 0.000000521. The molecule has 0 spiro atoms. The Labute approximate surface area is 208 Å². The molecule has 3 rings (SSSR count). The van der Waals surface area contributed by atoms with Gasteiger partial charge < -0.3 is 24.7 Å². The normalized spacial score (nSPS) is 11.1. The lowest BCUT2D eigenvalue weighted by Crippen LogP contribution is -2.13. The number of pyridine rings is 1. The van der Waals surface area contributed by atoms with E-state index in [4.69, 9.17) is 19.4 Å². The number of carboxylic acid groups (broad SMARTS) is 2. The SMILES string of the molecule is CNCc1cn(S(=O)(=O)c2ccc(COC(C)=O)o2)c(-c2cccnc2F)c1F.O=C(O)/C=C/C(=O)O. The predicted octanol–water partition coefficient (Wildman–Crippen LogP) is 2.15. The molecule has 0 aliphatic rings. The molecule has 0 saturated carbocycles. The molecule has 3 heterocycles. The smallest absolute Gasteiger partial charge is 0.328 e. The van der Waals surface area contributed by atoms with Gasteiger partial charge in [-0.3, -0.25) is 4.79 Å². The molecule has 15 heteroatoms. The number of carbonyl (C=O) groups is 3. The predicted molar refractivity (Wildman–Crippen MR) is 122 cm³/mol. The maximum Gasteiger partial charge on any atom is 0.328 e. The van der Waals surface area contributed by atoms with Gasteiger partial charge in [-0.15, -0.1) is 0 Å². The second kappa shape index (κ2) is 12.5. The molecule has 0 saturated heterocycles. The maximum absolute atomic E-state index is 15.0. The fourth-order valence-electron chi connectivity index (χ4n) is 2.80. The molecule has 198 valence electrons. The van der Waals surface area contributed by atoms with Crippen LogP contribution < -0.4 is 5.32 Å². The van der Waals surface area contributed by atoms with Crippen LogP contribution in [0.15, 0.2) is 58.3 Å². The van der Waals surface area contributed by atoms with E-state index in [-0.39, 0.29) is 30.0 Å². The Morgan fingerprint density at radius 3 is 2.35 bits per heavy atom. The van der Waals surface area contributed by atoms with Crippen molar-refractivity contribution in [2.75, 3.05) is 7.05 Å². The van der Waals surface area contributed by atoms with Gasteiger partial charge in [0, 0.05) is 43.6 Å². The minimum absolute atomic E-state index is 0.0130. The molecule has 0 atom stereocenters. The average molecular weight is 541 g/mol. The summed E-state index contributed by atoms with van der Waals surface area (Å²) < 4.78 is 66.0. The number of aromatic nitrogens is 2. The molecular weight excluding hydrogens is 520 g/mol. The summed E-state index contributed by atoms with van der Waals surface area (Å²) in [6.07, 6.45) is 3.34. The summed E-state index contributed by atoms with van der Waals surface area (Å²) in [5.41, 5.74) is -0.803. The van der Waals surface area contributed by atoms with Crippen LogP contribution in [0.25, 0.3) is 11.3 Å². The van der Waals surface area contributed by atoms with Crippen LogP contribution in [0.1, 0.15) is 18.2 Å². The first-order valence-corrected chi connectivity index (χ1v) is 11.6. The lowest BCUT2D eigenvalue weighted by Gasteiger charge is -2.09. The van der Waals surface area contributed by atoms with Gasteiger partial charge >= 0.3 is 27.9 Å². The molecule has 37 heavy (non-hydrogen) atoms. The number of esters is 1. The summed E-state index contributed by atoms with van der Waals surface area (Å²) in [7, 11) is -2.87. The summed E-state index contributed by atoms with van der Waals surface area (Å²) in [6, 6.07) is 5.05. The molecule has 0 amide bonds. The number of ether oxygens (including phenoxy) is 1. The van der Waals surface area contributed by atoms with Crippen molar-refractivity contribution in [3.63, 3.8) is 0 Å². The van der Waals surface area contributed by atoms with Crippen molar-refractivity contribution in [1.29, 1.82) is 0 Å². The summed E-state index contributed by atoms with van der Waals surface area (Å²) >= 11 is 0. The second-order valence-corrected chi connectivity index (χ2v) is 8.75. The van der Waals surface area contributed by atoms with E-state index < -0.39 is 50.5 Å². The zero-order chi connectivity index (χ0) is 27.8. The topological polar surface area (TPSA) is 178 Å². The Morgan fingerprint density at radius 1 is 1.16 bits per heavy atom. The Bertz CT molecular complexity index is 1410. The summed E-state index contributed by atoms with van der Waals surface area (Å²) in [5.74, 6) is -4.92. The van der Waals surface area contributed by atoms with Crippen LogP contribution in [-0.4, -0.2) is 52.5 Å². The number of aliphatic carboxylic acids is 2. The highest BCUT2D eigenvalue weighted by Gasteiger charge is 2.30. The van der Waals surface area contributed by atoms with Crippen LogP contribution in [0.5, 0.6) is 0 Å². The van der Waals surface area contributed by atoms with E-state index in [1.807, 2.05) is 0 Å². The molecule has 0 fully saturated rings. The second-order valence-electron chi connectivity index (χ2n) is 7.00. The van der Waals surface area contributed by atoms with E-state index in [0.29, 0.717) is 16.1 Å². The lowest BCUT2D eigenvalue weighted by atomic mass is 10.2. The molecular formula is C22H21F2N3O9S. The molecule has 0 radical (unpaired) electrons. The number of carbonyl (C=O) groups excluding carboxylic acids is 1. The third-order valence-corrected chi connectivity index (χ3v) is 5.83. The molecule has 3 aromatic rings. The zero-order valence-corrected chi connectivity index (χ0v) is 20.2.